The molecule has 0 aromatic carbocycles. The van der Waals surface area contributed by atoms with Gasteiger partial charge in [-0.15, -0.1) is 0 Å². The zero-order valence-electron chi connectivity index (χ0n) is 16.8. The molecule has 1 aliphatic heterocycles. The summed E-state index contributed by atoms with van der Waals surface area (Å²) in [6.45, 7) is 1.89. The number of amides is 2. The van der Waals surface area contributed by atoms with E-state index < -0.39 is 0 Å². The van der Waals surface area contributed by atoms with Crippen molar-refractivity contribution in [2.45, 2.75) is 32.1 Å². The molecule has 1 N–H and O–H groups in total. The number of carbonyl (C=O) groups excluding carboxylic acids is 2. The Kier molecular flexibility index (Phi) is 7.16. The van der Waals surface area contributed by atoms with Crippen LogP contribution in [0.25, 0.3) is 0 Å². The maximum absolute atomic E-state index is 12.7. The molecule has 1 aliphatic rings. The molecular formula is C22H28N4O3. The molecule has 0 aliphatic carbocycles. The molecule has 0 saturated carbocycles. The highest BCUT2D eigenvalue weighted by Gasteiger charge is 2.26. The lowest BCUT2D eigenvalue weighted by Crippen LogP contribution is -2.42. The van der Waals surface area contributed by atoms with Crippen molar-refractivity contribution in [1.82, 2.24) is 19.8 Å². The van der Waals surface area contributed by atoms with Crippen LogP contribution >= 0.6 is 0 Å². The normalized spacial score (nSPS) is 16.4. The smallest absolute Gasteiger partial charge is 0.260 e. The predicted octanol–water partition coefficient (Wildman–Crippen LogP) is 2.10. The van der Waals surface area contributed by atoms with Crippen LogP contribution in [0.4, 0.5) is 0 Å². The summed E-state index contributed by atoms with van der Waals surface area (Å²) in [6, 6.07) is 9.01. The lowest BCUT2D eigenvalue weighted by molar-refractivity contribution is -0.130. The molecule has 7 heteroatoms. The number of H-pyrrole nitrogens is 1. The van der Waals surface area contributed by atoms with Crippen LogP contribution in [-0.2, 0) is 11.2 Å². The summed E-state index contributed by atoms with van der Waals surface area (Å²) < 4.78 is 0. The SMILES string of the molecule is CN(CCc1ccccn1)C(=O)CC[C@@H]1CCCN(C(=O)c2ccc[nH]c2=O)C1. The molecule has 1 atom stereocenters. The number of piperidine rings is 1. The van der Waals surface area contributed by atoms with Crippen LogP contribution in [0.5, 0.6) is 0 Å². The van der Waals surface area contributed by atoms with Crippen molar-refractivity contribution in [3.05, 3.63) is 64.3 Å². The fraction of sp³-hybridized carbons (Fsp3) is 0.455. The molecule has 2 aromatic rings. The fourth-order valence-corrected chi connectivity index (χ4v) is 3.72. The largest absolute Gasteiger partial charge is 0.345 e. The van der Waals surface area contributed by atoms with Crippen LogP contribution in [0.2, 0.25) is 0 Å². The van der Waals surface area contributed by atoms with Gasteiger partial charge in [0, 0.05) is 57.6 Å². The Morgan fingerprint density at radius 2 is 2.14 bits per heavy atom. The summed E-state index contributed by atoms with van der Waals surface area (Å²) in [7, 11) is 1.82. The van der Waals surface area contributed by atoms with Crippen LogP contribution < -0.4 is 5.56 Å². The number of nitrogens with zero attached hydrogens (tertiary/aromatic N) is 3. The lowest BCUT2D eigenvalue weighted by atomic mass is 9.92. The van der Waals surface area contributed by atoms with Crippen LogP contribution in [0.1, 0.15) is 41.7 Å². The second kappa shape index (κ2) is 10.0. The van der Waals surface area contributed by atoms with Crippen molar-refractivity contribution in [3.63, 3.8) is 0 Å². The molecule has 154 valence electrons. The third-order valence-corrected chi connectivity index (χ3v) is 5.48. The van der Waals surface area contributed by atoms with E-state index in [1.54, 1.807) is 28.1 Å². The number of aromatic nitrogens is 2. The van der Waals surface area contributed by atoms with Gasteiger partial charge in [0.2, 0.25) is 5.91 Å². The van der Waals surface area contributed by atoms with Gasteiger partial charge < -0.3 is 14.8 Å². The monoisotopic (exact) mass is 396 g/mol. The van der Waals surface area contributed by atoms with E-state index in [-0.39, 0.29) is 28.9 Å². The molecule has 7 nitrogen and oxygen atoms in total. The minimum atomic E-state index is -0.357. The van der Waals surface area contributed by atoms with E-state index in [2.05, 4.69) is 9.97 Å². The molecule has 3 rings (SSSR count). The molecule has 0 radical (unpaired) electrons. The summed E-state index contributed by atoms with van der Waals surface area (Å²) in [5.74, 6) is 0.169. The highest BCUT2D eigenvalue weighted by atomic mass is 16.2. The zero-order chi connectivity index (χ0) is 20.6. The van der Waals surface area contributed by atoms with Gasteiger partial charge in [0.15, 0.2) is 0 Å². The minimum Gasteiger partial charge on any atom is -0.345 e. The summed E-state index contributed by atoms with van der Waals surface area (Å²) in [6.07, 6.45) is 7.13. The molecule has 2 aromatic heterocycles. The van der Waals surface area contributed by atoms with Crippen LogP contribution in [0.3, 0.4) is 0 Å². The van der Waals surface area contributed by atoms with E-state index >= 15 is 0 Å². The van der Waals surface area contributed by atoms with Crippen LogP contribution in [0.15, 0.2) is 47.5 Å². The minimum absolute atomic E-state index is 0.115. The van der Waals surface area contributed by atoms with Crippen molar-refractivity contribution in [3.8, 4) is 0 Å². The number of carbonyl (C=O) groups is 2. The van der Waals surface area contributed by atoms with Gasteiger partial charge in [-0.1, -0.05) is 6.07 Å². The first-order valence-corrected chi connectivity index (χ1v) is 10.2. The first-order chi connectivity index (χ1) is 14.0. The standard InChI is InChI=1S/C22H28N4O3/c1-25(15-11-18-7-2-3-12-23-18)20(27)10-9-17-6-5-14-26(16-17)22(29)19-8-4-13-24-21(19)28/h2-4,7-8,12-13,17H,5-6,9-11,14-16H2,1H3,(H,24,28)/t17-/m0/s1. The number of rotatable bonds is 7. The second-order valence-electron chi connectivity index (χ2n) is 7.60. The summed E-state index contributed by atoms with van der Waals surface area (Å²) in [5.41, 5.74) is 0.798. The van der Waals surface area contributed by atoms with Crippen LogP contribution in [0, 0.1) is 5.92 Å². The number of aromatic amines is 1. The maximum atomic E-state index is 12.7. The Morgan fingerprint density at radius 3 is 2.90 bits per heavy atom. The molecule has 2 amide bonds. The topological polar surface area (TPSA) is 86.4 Å². The van der Waals surface area contributed by atoms with E-state index in [0.717, 1.165) is 31.4 Å². The Morgan fingerprint density at radius 1 is 1.28 bits per heavy atom. The van der Waals surface area contributed by atoms with Gasteiger partial charge in [-0.2, -0.15) is 0 Å². The molecule has 29 heavy (non-hydrogen) atoms. The van der Waals surface area contributed by atoms with E-state index in [1.807, 2.05) is 25.2 Å². The molecule has 3 heterocycles. The number of nitrogens with one attached hydrogen (secondary N) is 1. The summed E-state index contributed by atoms with van der Waals surface area (Å²) in [4.78, 5) is 47.3. The first-order valence-electron chi connectivity index (χ1n) is 10.2. The van der Waals surface area contributed by atoms with E-state index in [0.29, 0.717) is 26.1 Å². The Bertz CT molecular complexity index is 881. The van der Waals surface area contributed by atoms with Gasteiger partial charge >= 0.3 is 0 Å². The highest BCUT2D eigenvalue weighted by Crippen LogP contribution is 2.22. The first kappa shape index (κ1) is 20.8. The highest BCUT2D eigenvalue weighted by molar-refractivity contribution is 5.93. The van der Waals surface area contributed by atoms with Crippen molar-refractivity contribution >= 4 is 11.8 Å². The molecule has 1 saturated heterocycles. The molecule has 0 spiro atoms. The van der Waals surface area contributed by atoms with Gasteiger partial charge in [-0.05, 0) is 49.4 Å². The Balaban J connectivity index is 1.46. The Hall–Kier alpha value is -2.96. The van der Waals surface area contributed by atoms with Gasteiger partial charge in [-0.25, -0.2) is 0 Å². The quantitative estimate of drug-likeness (QED) is 0.777. The zero-order valence-corrected chi connectivity index (χ0v) is 16.8. The third-order valence-electron chi connectivity index (χ3n) is 5.48. The van der Waals surface area contributed by atoms with Crippen molar-refractivity contribution in [2.75, 3.05) is 26.7 Å². The van der Waals surface area contributed by atoms with E-state index in [4.69, 9.17) is 0 Å². The number of likely N-dealkylation sites (N-methyl/N-ethyl adjacent to an activating group) is 1. The number of hydrogen-bond acceptors (Lipinski definition) is 4. The van der Waals surface area contributed by atoms with Crippen molar-refractivity contribution in [1.29, 1.82) is 0 Å². The molecule has 0 unspecified atom stereocenters. The average Bonchev–Trinajstić information content (AvgIpc) is 2.76. The number of hydrogen-bond donors (Lipinski definition) is 1. The number of pyridine rings is 2. The van der Waals surface area contributed by atoms with Gasteiger partial charge in [0.25, 0.3) is 11.5 Å². The van der Waals surface area contributed by atoms with Crippen molar-refractivity contribution < 1.29 is 9.59 Å². The summed E-state index contributed by atoms with van der Waals surface area (Å²) in [5, 5.41) is 0. The van der Waals surface area contributed by atoms with E-state index in [1.165, 1.54) is 6.20 Å². The third kappa shape index (κ3) is 5.76. The van der Waals surface area contributed by atoms with Gasteiger partial charge in [0.1, 0.15) is 5.56 Å². The van der Waals surface area contributed by atoms with E-state index in [9.17, 15) is 14.4 Å². The van der Waals surface area contributed by atoms with Gasteiger partial charge in [0.05, 0.1) is 0 Å². The van der Waals surface area contributed by atoms with Crippen LogP contribution in [-0.4, -0.2) is 58.3 Å². The molecule has 1 fully saturated rings. The number of likely N-dealkylation sites (tertiary alicyclic amines) is 1. The van der Waals surface area contributed by atoms with Gasteiger partial charge in [-0.3, -0.25) is 19.4 Å². The Labute approximate surface area is 170 Å². The molecular weight excluding hydrogens is 368 g/mol. The van der Waals surface area contributed by atoms with Crippen molar-refractivity contribution in [2.24, 2.45) is 5.92 Å². The average molecular weight is 396 g/mol. The lowest BCUT2D eigenvalue weighted by Gasteiger charge is -2.33. The summed E-state index contributed by atoms with van der Waals surface area (Å²) >= 11 is 0. The molecule has 0 bridgehead atoms. The predicted molar refractivity (Wildman–Crippen MR) is 111 cm³/mol. The fourth-order valence-electron chi connectivity index (χ4n) is 3.72. The second-order valence-corrected chi connectivity index (χ2v) is 7.60. The maximum Gasteiger partial charge on any atom is 0.260 e.